The number of rotatable bonds is 8. The van der Waals surface area contributed by atoms with Crippen molar-refractivity contribution >= 4 is 34.0 Å². The number of nitrogens with one attached hydrogen (secondary N) is 2. The molecule has 0 aliphatic carbocycles. The van der Waals surface area contributed by atoms with Crippen LogP contribution < -0.4 is 21.1 Å². The number of hydrogen-bond donors (Lipinski definition) is 3. The summed E-state index contributed by atoms with van der Waals surface area (Å²) in [5, 5.41) is 6.11. The molecule has 3 aromatic rings. The number of nitrogens with two attached hydrogens (primary N) is 1. The summed E-state index contributed by atoms with van der Waals surface area (Å²) in [5.74, 6) is -0.635. The maximum absolute atomic E-state index is 13.7. The number of nitrogen functional groups attached to an aromatic ring is 1. The number of aromatic nitrogens is 2. The number of alkyl halides is 2. The third-order valence-electron chi connectivity index (χ3n) is 4.20. The molecule has 0 spiro atoms. The fraction of sp³-hybridized carbons (Fsp3) is 0.250. The van der Waals surface area contributed by atoms with Gasteiger partial charge in [-0.2, -0.15) is 0 Å². The molecule has 7 nitrogen and oxygen atoms in total. The molecular formula is C20H20F3N5O2. The van der Waals surface area contributed by atoms with E-state index in [9.17, 15) is 18.0 Å². The van der Waals surface area contributed by atoms with E-state index in [1.807, 2.05) is 6.92 Å². The standard InChI is InChI=1S/C20H20F3N5O2/c1-11-6-13(24)8-15-19(11)20(27-10-26-15)28-14-3-2-12(21)7-16(14)30-9-18(29)25-5-4-17(22)23/h2-3,6-8,10,17H,4-5,9,24H2,1H3,(H,25,29)(H,26,27,28). The molecule has 30 heavy (non-hydrogen) atoms. The minimum absolute atomic E-state index is 0.0684. The van der Waals surface area contributed by atoms with Crippen molar-refractivity contribution in [3.8, 4) is 5.75 Å². The maximum Gasteiger partial charge on any atom is 0.257 e. The fourth-order valence-corrected chi connectivity index (χ4v) is 2.88. The van der Waals surface area contributed by atoms with Crippen molar-refractivity contribution in [3.05, 3.63) is 48.0 Å². The van der Waals surface area contributed by atoms with Crippen LogP contribution in [0.3, 0.4) is 0 Å². The molecule has 0 unspecified atom stereocenters. The quantitative estimate of drug-likeness (QED) is 0.483. The van der Waals surface area contributed by atoms with Gasteiger partial charge in [-0.25, -0.2) is 23.1 Å². The Bertz CT molecular complexity index is 1060. The number of carbonyl (C=O) groups is 1. The van der Waals surface area contributed by atoms with Gasteiger partial charge >= 0.3 is 0 Å². The number of halogens is 3. The molecule has 0 saturated heterocycles. The molecule has 0 aliphatic heterocycles. The second kappa shape index (κ2) is 9.29. The largest absolute Gasteiger partial charge is 0.481 e. The number of benzene rings is 2. The average molecular weight is 419 g/mol. The van der Waals surface area contributed by atoms with Crippen LogP contribution in [0.4, 0.5) is 30.4 Å². The first kappa shape index (κ1) is 21.2. The first-order chi connectivity index (χ1) is 14.3. The SMILES string of the molecule is Cc1cc(N)cc2ncnc(Nc3ccc(F)cc3OCC(=O)NCCC(F)F)c12. The summed E-state index contributed by atoms with van der Waals surface area (Å²) >= 11 is 0. The highest BCUT2D eigenvalue weighted by atomic mass is 19.3. The lowest BCUT2D eigenvalue weighted by atomic mass is 10.1. The molecule has 0 fully saturated rings. The number of nitrogens with zero attached hydrogens (tertiary/aromatic N) is 2. The van der Waals surface area contributed by atoms with E-state index >= 15 is 0 Å². The van der Waals surface area contributed by atoms with E-state index in [4.69, 9.17) is 10.5 Å². The molecule has 3 rings (SSSR count). The van der Waals surface area contributed by atoms with Crippen LogP contribution in [-0.4, -0.2) is 35.5 Å². The number of aryl methyl sites for hydroxylation is 1. The van der Waals surface area contributed by atoms with Gasteiger partial charge in [0.2, 0.25) is 6.43 Å². The van der Waals surface area contributed by atoms with E-state index in [1.54, 1.807) is 12.1 Å². The van der Waals surface area contributed by atoms with E-state index in [-0.39, 0.29) is 12.3 Å². The monoisotopic (exact) mass is 419 g/mol. The predicted octanol–water partition coefficient (Wildman–Crippen LogP) is 3.55. The zero-order chi connectivity index (χ0) is 21.7. The van der Waals surface area contributed by atoms with Crippen molar-refractivity contribution in [2.24, 2.45) is 0 Å². The molecule has 1 amide bonds. The van der Waals surface area contributed by atoms with Crippen LogP contribution in [0.1, 0.15) is 12.0 Å². The van der Waals surface area contributed by atoms with Crippen molar-refractivity contribution in [3.63, 3.8) is 0 Å². The Hall–Kier alpha value is -3.56. The molecule has 0 bridgehead atoms. The molecule has 2 aromatic carbocycles. The van der Waals surface area contributed by atoms with Crippen molar-refractivity contribution < 1.29 is 22.7 Å². The Morgan fingerprint density at radius 1 is 1.23 bits per heavy atom. The van der Waals surface area contributed by atoms with Gasteiger partial charge in [0.15, 0.2) is 6.61 Å². The molecule has 10 heteroatoms. The Kier molecular flexibility index (Phi) is 6.55. The van der Waals surface area contributed by atoms with Gasteiger partial charge in [-0.15, -0.1) is 0 Å². The van der Waals surface area contributed by atoms with Gasteiger partial charge in [0.25, 0.3) is 5.91 Å². The normalized spacial score (nSPS) is 11.0. The van der Waals surface area contributed by atoms with Crippen LogP contribution in [0.15, 0.2) is 36.7 Å². The van der Waals surface area contributed by atoms with Gasteiger partial charge in [-0.05, 0) is 36.8 Å². The summed E-state index contributed by atoms with van der Waals surface area (Å²) in [6.07, 6.45) is -1.60. The van der Waals surface area contributed by atoms with Crippen LogP contribution >= 0.6 is 0 Å². The van der Waals surface area contributed by atoms with Crippen molar-refractivity contribution in [1.29, 1.82) is 0 Å². The van der Waals surface area contributed by atoms with Gasteiger partial charge in [0.1, 0.15) is 23.7 Å². The van der Waals surface area contributed by atoms with E-state index in [0.29, 0.717) is 22.7 Å². The van der Waals surface area contributed by atoms with Crippen LogP contribution in [0.25, 0.3) is 10.9 Å². The molecular weight excluding hydrogens is 399 g/mol. The van der Waals surface area contributed by atoms with E-state index in [0.717, 1.165) is 17.0 Å². The first-order valence-electron chi connectivity index (χ1n) is 9.08. The second-order valence-electron chi connectivity index (χ2n) is 6.54. The predicted molar refractivity (Wildman–Crippen MR) is 107 cm³/mol. The smallest absolute Gasteiger partial charge is 0.257 e. The molecule has 0 radical (unpaired) electrons. The third-order valence-corrected chi connectivity index (χ3v) is 4.20. The fourth-order valence-electron chi connectivity index (χ4n) is 2.88. The molecule has 0 saturated carbocycles. The molecule has 0 aliphatic rings. The van der Waals surface area contributed by atoms with E-state index in [1.165, 1.54) is 18.5 Å². The summed E-state index contributed by atoms with van der Waals surface area (Å²) in [7, 11) is 0. The second-order valence-corrected chi connectivity index (χ2v) is 6.54. The van der Waals surface area contributed by atoms with Gasteiger partial charge in [0.05, 0.1) is 11.2 Å². The summed E-state index contributed by atoms with van der Waals surface area (Å²) in [6.45, 7) is 1.23. The molecule has 0 atom stereocenters. The van der Waals surface area contributed by atoms with E-state index < -0.39 is 31.2 Å². The third kappa shape index (κ3) is 5.28. The maximum atomic E-state index is 13.7. The number of anilines is 3. The molecule has 4 N–H and O–H groups in total. The summed E-state index contributed by atoms with van der Waals surface area (Å²) in [5.41, 5.74) is 8.27. The summed E-state index contributed by atoms with van der Waals surface area (Å²) in [6, 6.07) is 7.28. The van der Waals surface area contributed by atoms with Crippen LogP contribution in [-0.2, 0) is 4.79 Å². The lowest BCUT2D eigenvalue weighted by Crippen LogP contribution is -2.30. The molecule has 1 aromatic heterocycles. The summed E-state index contributed by atoms with van der Waals surface area (Å²) in [4.78, 5) is 20.2. The summed E-state index contributed by atoms with van der Waals surface area (Å²) < 4.78 is 43.4. The topological polar surface area (TPSA) is 102 Å². The number of ether oxygens (including phenoxy) is 1. The number of hydrogen-bond acceptors (Lipinski definition) is 6. The zero-order valence-corrected chi connectivity index (χ0v) is 16.1. The lowest BCUT2D eigenvalue weighted by molar-refractivity contribution is -0.123. The van der Waals surface area contributed by atoms with Crippen molar-refractivity contribution in [2.45, 2.75) is 19.8 Å². The average Bonchev–Trinajstić information content (AvgIpc) is 2.67. The van der Waals surface area contributed by atoms with E-state index in [2.05, 4.69) is 20.6 Å². The van der Waals surface area contributed by atoms with Gasteiger partial charge in [-0.1, -0.05) is 0 Å². The lowest BCUT2D eigenvalue weighted by Gasteiger charge is -2.15. The Morgan fingerprint density at radius 3 is 2.80 bits per heavy atom. The highest BCUT2D eigenvalue weighted by Crippen LogP contribution is 2.32. The minimum Gasteiger partial charge on any atom is -0.481 e. The Morgan fingerprint density at radius 2 is 2.03 bits per heavy atom. The first-order valence-corrected chi connectivity index (χ1v) is 9.08. The molecule has 158 valence electrons. The van der Waals surface area contributed by atoms with Crippen LogP contribution in [0.2, 0.25) is 0 Å². The van der Waals surface area contributed by atoms with Gasteiger partial charge in [0, 0.05) is 30.1 Å². The van der Waals surface area contributed by atoms with Crippen molar-refractivity contribution in [2.75, 3.05) is 24.2 Å². The Balaban J connectivity index is 1.79. The number of amides is 1. The van der Waals surface area contributed by atoms with Crippen LogP contribution in [0.5, 0.6) is 5.75 Å². The number of fused-ring (bicyclic) bond motifs is 1. The highest BCUT2D eigenvalue weighted by molar-refractivity contribution is 5.95. The van der Waals surface area contributed by atoms with Crippen molar-refractivity contribution in [1.82, 2.24) is 15.3 Å². The van der Waals surface area contributed by atoms with Gasteiger partial charge in [-0.3, -0.25) is 4.79 Å². The van der Waals surface area contributed by atoms with Crippen LogP contribution in [0, 0.1) is 12.7 Å². The minimum atomic E-state index is -2.51. The molecule has 1 heterocycles. The van der Waals surface area contributed by atoms with Gasteiger partial charge < -0.3 is 21.1 Å². The zero-order valence-electron chi connectivity index (χ0n) is 16.1. The number of carbonyl (C=O) groups excluding carboxylic acids is 1. The highest BCUT2D eigenvalue weighted by Gasteiger charge is 2.13. The Labute approximate surface area is 170 Å².